The van der Waals surface area contributed by atoms with Crippen LogP contribution in [-0.4, -0.2) is 33.4 Å². The Labute approximate surface area is 68.1 Å². The fourth-order valence-corrected chi connectivity index (χ4v) is 3.76. The fraction of sp³-hybridized carbons (Fsp3) is 0.857. The Balaban J connectivity index is 2.48. The SMILES string of the molecule is COC(=O)[C@@H]1C[Si](C)(C)CN1. The third-order valence-electron chi connectivity index (χ3n) is 2.07. The van der Waals surface area contributed by atoms with Gasteiger partial charge in [0.2, 0.25) is 0 Å². The smallest absolute Gasteiger partial charge is 0.322 e. The normalized spacial score (nSPS) is 28.5. The largest absolute Gasteiger partial charge is 0.468 e. The highest BCUT2D eigenvalue weighted by Gasteiger charge is 2.36. The van der Waals surface area contributed by atoms with Gasteiger partial charge in [-0.2, -0.15) is 0 Å². The lowest BCUT2D eigenvalue weighted by Gasteiger charge is -2.11. The summed E-state index contributed by atoms with van der Waals surface area (Å²) < 4.78 is 4.65. The molecule has 64 valence electrons. The summed E-state index contributed by atoms with van der Waals surface area (Å²) in [6.07, 6.45) is 1.03. The van der Waals surface area contributed by atoms with Gasteiger partial charge in [0.25, 0.3) is 0 Å². The van der Waals surface area contributed by atoms with Gasteiger partial charge in [0.05, 0.1) is 15.2 Å². The highest BCUT2D eigenvalue weighted by Crippen LogP contribution is 2.18. The highest BCUT2D eigenvalue weighted by molar-refractivity contribution is 6.78. The van der Waals surface area contributed by atoms with Crippen molar-refractivity contribution in [3.05, 3.63) is 0 Å². The molecule has 0 saturated carbocycles. The molecule has 11 heavy (non-hydrogen) atoms. The second-order valence-corrected chi connectivity index (χ2v) is 8.92. The van der Waals surface area contributed by atoms with Crippen LogP contribution in [0.2, 0.25) is 19.1 Å². The molecule has 1 N–H and O–H groups in total. The molecule has 3 nitrogen and oxygen atoms in total. The van der Waals surface area contributed by atoms with Crippen molar-refractivity contribution in [1.82, 2.24) is 5.32 Å². The Hall–Kier alpha value is -0.353. The average Bonchev–Trinajstić information content (AvgIpc) is 2.29. The lowest BCUT2D eigenvalue weighted by Crippen LogP contribution is -2.31. The van der Waals surface area contributed by atoms with Crippen LogP contribution < -0.4 is 5.32 Å². The van der Waals surface area contributed by atoms with E-state index in [0.717, 1.165) is 12.2 Å². The Morgan fingerprint density at radius 1 is 1.64 bits per heavy atom. The van der Waals surface area contributed by atoms with Crippen molar-refractivity contribution in [3.8, 4) is 0 Å². The maximum Gasteiger partial charge on any atom is 0.322 e. The quantitative estimate of drug-likeness (QED) is 0.460. The van der Waals surface area contributed by atoms with Gasteiger partial charge in [-0.1, -0.05) is 13.1 Å². The summed E-state index contributed by atoms with van der Waals surface area (Å²) in [5.41, 5.74) is 0. The van der Waals surface area contributed by atoms with E-state index < -0.39 is 8.07 Å². The molecule has 0 aromatic rings. The molecule has 0 spiro atoms. The molecule has 1 saturated heterocycles. The Bertz CT molecular complexity index is 170. The highest BCUT2D eigenvalue weighted by atomic mass is 28.3. The van der Waals surface area contributed by atoms with Crippen LogP contribution in [0.15, 0.2) is 0 Å². The molecule has 0 unspecified atom stereocenters. The summed E-state index contributed by atoms with van der Waals surface area (Å²) in [5, 5.41) is 3.18. The molecular weight excluding hydrogens is 158 g/mol. The van der Waals surface area contributed by atoms with Crippen LogP contribution in [0.4, 0.5) is 0 Å². The summed E-state index contributed by atoms with van der Waals surface area (Å²) in [4.78, 5) is 11.0. The number of carbonyl (C=O) groups excluding carboxylic acids is 1. The molecule has 4 heteroatoms. The van der Waals surface area contributed by atoms with Crippen molar-refractivity contribution in [2.75, 3.05) is 13.3 Å². The number of methoxy groups -OCH3 is 1. The fourth-order valence-electron chi connectivity index (χ4n) is 1.41. The van der Waals surface area contributed by atoms with Crippen LogP contribution >= 0.6 is 0 Å². The van der Waals surface area contributed by atoms with Gasteiger partial charge in [0, 0.05) is 0 Å². The van der Waals surface area contributed by atoms with E-state index in [-0.39, 0.29) is 12.0 Å². The molecule has 1 aliphatic heterocycles. The third kappa shape index (κ3) is 2.04. The van der Waals surface area contributed by atoms with Gasteiger partial charge in [-0.15, -0.1) is 0 Å². The number of rotatable bonds is 1. The van der Waals surface area contributed by atoms with E-state index in [2.05, 4.69) is 23.1 Å². The molecule has 0 aliphatic carbocycles. The first-order valence-corrected chi connectivity index (χ1v) is 7.28. The Morgan fingerprint density at radius 2 is 2.27 bits per heavy atom. The van der Waals surface area contributed by atoms with Crippen LogP contribution in [0.3, 0.4) is 0 Å². The van der Waals surface area contributed by atoms with Gasteiger partial charge in [0.1, 0.15) is 6.04 Å². The number of carbonyl (C=O) groups is 1. The minimum absolute atomic E-state index is 0.0262. The van der Waals surface area contributed by atoms with Crippen LogP contribution in [-0.2, 0) is 9.53 Å². The second kappa shape index (κ2) is 2.95. The lowest BCUT2D eigenvalue weighted by atomic mass is 10.3. The zero-order valence-corrected chi connectivity index (χ0v) is 8.31. The molecule has 1 atom stereocenters. The number of hydrogen-bond acceptors (Lipinski definition) is 3. The van der Waals surface area contributed by atoms with Gasteiger partial charge in [-0.25, -0.2) is 0 Å². The van der Waals surface area contributed by atoms with Crippen LogP contribution in [0, 0.1) is 0 Å². The number of ether oxygens (including phenoxy) is 1. The summed E-state index contributed by atoms with van der Waals surface area (Å²) in [6.45, 7) is 4.56. The van der Waals surface area contributed by atoms with Gasteiger partial charge < -0.3 is 10.1 Å². The monoisotopic (exact) mass is 173 g/mol. The molecule has 1 fully saturated rings. The van der Waals surface area contributed by atoms with E-state index in [4.69, 9.17) is 0 Å². The topological polar surface area (TPSA) is 38.3 Å². The molecule has 1 heterocycles. The van der Waals surface area contributed by atoms with Gasteiger partial charge >= 0.3 is 5.97 Å². The molecule has 0 aromatic carbocycles. The lowest BCUT2D eigenvalue weighted by molar-refractivity contribution is -0.142. The van der Waals surface area contributed by atoms with Crippen LogP contribution in [0.25, 0.3) is 0 Å². The molecule has 1 rings (SSSR count). The first kappa shape index (κ1) is 8.74. The first-order chi connectivity index (χ1) is 5.05. The Kier molecular flexibility index (Phi) is 2.34. The Morgan fingerprint density at radius 3 is 2.64 bits per heavy atom. The van der Waals surface area contributed by atoms with Crippen LogP contribution in [0.1, 0.15) is 0 Å². The molecule has 1 aliphatic rings. The molecule has 0 radical (unpaired) electrons. The molecular formula is C7H15NO2Si. The standard InChI is InChI=1S/C7H15NO2Si/c1-10-7(9)6-4-11(2,3)5-8-6/h6,8H,4-5H2,1-3H3/t6-/m0/s1. The van der Waals surface area contributed by atoms with Crippen molar-refractivity contribution in [2.45, 2.75) is 25.2 Å². The van der Waals surface area contributed by atoms with E-state index in [9.17, 15) is 4.79 Å². The van der Waals surface area contributed by atoms with Crippen molar-refractivity contribution < 1.29 is 9.53 Å². The number of nitrogens with one attached hydrogen (secondary N) is 1. The molecule has 0 bridgehead atoms. The van der Waals surface area contributed by atoms with Gasteiger partial charge in [-0.3, -0.25) is 4.79 Å². The number of esters is 1. The summed E-state index contributed by atoms with van der Waals surface area (Å²) in [7, 11) is 0.347. The number of hydrogen-bond donors (Lipinski definition) is 1. The molecule has 0 aromatic heterocycles. The predicted molar refractivity (Wildman–Crippen MR) is 46.1 cm³/mol. The zero-order valence-electron chi connectivity index (χ0n) is 7.31. The van der Waals surface area contributed by atoms with Gasteiger partial charge in [0.15, 0.2) is 0 Å². The van der Waals surface area contributed by atoms with Crippen molar-refractivity contribution in [3.63, 3.8) is 0 Å². The van der Waals surface area contributed by atoms with Gasteiger partial charge in [-0.05, 0) is 12.2 Å². The van der Waals surface area contributed by atoms with Crippen LogP contribution in [0.5, 0.6) is 0 Å². The maximum absolute atomic E-state index is 11.0. The second-order valence-electron chi connectivity index (χ2n) is 3.82. The summed E-state index contributed by atoms with van der Waals surface area (Å²) in [6, 6.07) is 0.987. The average molecular weight is 173 g/mol. The maximum atomic E-state index is 11.0. The van der Waals surface area contributed by atoms with E-state index in [1.54, 1.807) is 0 Å². The predicted octanol–water partition coefficient (Wildman–Crippen LogP) is 0.379. The van der Waals surface area contributed by atoms with E-state index >= 15 is 0 Å². The van der Waals surface area contributed by atoms with Crippen molar-refractivity contribution in [1.29, 1.82) is 0 Å². The third-order valence-corrected chi connectivity index (χ3v) is 4.74. The van der Waals surface area contributed by atoms with Crippen molar-refractivity contribution in [2.24, 2.45) is 0 Å². The van der Waals surface area contributed by atoms with E-state index in [1.807, 2.05) is 0 Å². The molecule has 0 amide bonds. The summed E-state index contributed by atoms with van der Waals surface area (Å²) in [5.74, 6) is -0.108. The van der Waals surface area contributed by atoms with Crippen molar-refractivity contribution >= 4 is 14.0 Å². The minimum atomic E-state index is -1.09. The van der Waals surface area contributed by atoms with E-state index in [1.165, 1.54) is 7.11 Å². The summed E-state index contributed by atoms with van der Waals surface area (Å²) >= 11 is 0. The zero-order chi connectivity index (χ0) is 8.48. The first-order valence-electron chi connectivity index (χ1n) is 3.86. The van der Waals surface area contributed by atoms with E-state index in [0.29, 0.717) is 0 Å². The minimum Gasteiger partial charge on any atom is -0.468 e.